The summed E-state index contributed by atoms with van der Waals surface area (Å²) in [6.07, 6.45) is 0.988. The van der Waals surface area contributed by atoms with E-state index in [2.05, 4.69) is 4.98 Å². The molecular weight excluding hydrogens is 254 g/mol. The lowest BCUT2D eigenvalue weighted by Gasteiger charge is -2.16. The van der Waals surface area contributed by atoms with Crippen molar-refractivity contribution in [3.63, 3.8) is 0 Å². The molecule has 1 atom stereocenters. The summed E-state index contributed by atoms with van der Waals surface area (Å²) in [4.78, 5) is 18.5. The second-order valence-electron chi connectivity index (χ2n) is 5.01. The van der Waals surface area contributed by atoms with E-state index in [0.29, 0.717) is 24.6 Å². The van der Waals surface area contributed by atoms with Crippen molar-refractivity contribution < 1.29 is 9.53 Å². The zero-order valence-electron chi connectivity index (χ0n) is 11.4. The highest BCUT2D eigenvalue weighted by atomic mass is 16.5. The molecule has 0 bridgehead atoms. The predicted molar refractivity (Wildman–Crippen MR) is 77.5 cm³/mol. The fourth-order valence-corrected chi connectivity index (χ4v) is 2.60. The number of nitrogen functional groups attached to an aromatic ring is 1. The van der Waals surface area contributed by atoms with E-state index in [4.69, 9.17) is 10.5 Å². The van der Waals surface area contributed by atoms with Gasteiger partial charge in [0.25, 0.3) is 5.91 Å². The van der Waals surface area contributed by atoms with Crippen LogP contribution in [0.15, 0.2) is 30.3 Å². The van der Waals surface area contributed by atoms with Crippen molar-refractivity contribution in [1.82, 2.24) is 9.88 Å². The molecule has 0 saturated carbocycles. The number of aromatic nitrogens is 1. The van der Waals surface area contributed by atoms with Crippen LogP contribution in [0.5, 0.6) is 0 Å². The summed E-state index contributed by atoms with van der Waals surface area (Å²) < 4.78 is 5.28. The van der Waals surface area contributed by atoms with E-state index in [9.17, 15) is 4.79 Å². The average molecular weight is 271 g/mol. The summed E-state index contributed by atoms with van der Waals surface area (Å²) in [7, 11) is 1.67. The number of ether oxygens (including phenoxy) is 1. The molecule has 104 valence electrons. The first-order valence-corrected chi connectivity index (χ1v) is 6.66. The Morgan fingerprint density at radius 1 is 1.45 bits per heavy atom. The molecular formula is C15H17N3O2. The van der Waals surface area contributed by atoms with Gasteiger partial charge in [-0.15, -0.1) is 0 Å². The maximum absolute atomic E-state index is 12.5. The van der Waals surface area contributed by atoms with E-state index in [1.807, 2.05) is 24.3 Å². The second-order valence-corrected chi connectivity index (χ2v) is 5.01. The topological polar surface area (TPSA) is 68.5 Å². The fraction of sp³-hybridized carbons (Fsp3) is 0.333. The van der Waals surface area contributed by atoms with Crippen LogP contribution in [0.3, 0.4) is 0 Å². The molecule has 2 aromatic rings. The predicted octanol–water partition coefficient (Wildman–Crippen LogP) is 1.68. The Kier molecular flexibility index (Phi) is 3.28. The molecule has 1 saturated heterocycles. The molecule has 0 spiro atoms. The van der Waals surface area contributed by atoms with Crippen molar-refractivity contribution in [2.45, 2.75) is 12.5 Å². The van der Waals surface area contributed by atoms with Crippen LogP contribution >= 0.6 is 0 Å². The van der Waals surface area contributed by atoms with Crippen molar-refractivity contribution in [2.24, 2.45) is 0 Å². The standard InChI is InChI=1S/C15H17N3O2/c1-20-11-6-7-18(9-11)15(19)13-8-10-4-2-3-5-12(10)14(16)17-13/h2-5,8,11H,6-7,9H2,1H3,(H2,16,17). The van der Waals surface area contributed by atoms with Gasteiger partial charge < -0.3 is 15.4 Å². The Morgan fingerprint density at radius 2 is 2.25 bits per heavy atom. The lowest BCUT2D eigenvalue weighted by molar-refractivity contribution is 0.0719. The Bertz CT molecular complexity index is 657. The van der Waals surface area contributed by atoms with Crippen LogP contribution in [0.2, 0.25) is 0 Å². The Morgan fingerprint density at radius 3 is 3.00 bits per heavy atom. The quantitative estimate of drug-likeness (QED) is 0.902. The number of nitrogens with two attached hydrogens (primary N) is 1. The second kappa shape index (κ2) is 5.09. The summed E-state index contributed by atoms with van der Waals surface area (Å²) in [6, 6.07) is 9.47. The Hall–Kier alpha value is -2.14. The third-order valence-electron chi connectivity index (χ3n) is 3.75. The molecule has 1 aromatic carbocycles. The van der Waals surface area contributed by atoms with Gasteiger partial charge in [0.2, 0.25) is 0 Å². The van der Waals surface area contributed by atoms with Gasteiger partial charge in [0.05, 0.1) is 6.10 Å². The molecule has 1 aliphatic heterocycles. The molecule has 0 aliphatic carbocycles. The van der Waals surface area contributed by atoms with Crippen LogP contribution in [-0.2, 0) is 4.74 Å². The number of anilines is 1. The SMILES string of the molecule is COC1CCN(C(=O)c2cc3ccccc3c(N)n2)C1. The fourth-order valence-electron chi connectivity index (χ4n) is 2.60. The largest absolute Gasteiger partial charge is 0.383 e. The number of rotatable bonds is 2. The normalized spacial score (nSPS) is 18.6. The minimum absolute atomic E-state index is 0.0815. The van der Waals surface area contributed by atoms with E-state index < -0.39 is 0 Å². The summed E-state index contributed by atoms with van der Waals surface area (Å²) in [5.74, 6) is 0.316. The van der Waals surface area contributed by atoms with E-state index in [1.54, 1.807) is 18.1 Å². The Balaban J connectivity index is 1.92. The molecule has 5 heteroatoms. The number of pyridine rings is 1. The third kappa shape index (κ3) is 2.20. The van der Waals surface area contributed by atoms with Crippen molar-refractivity contribution in [2.75, 3.05) is 25.9 Å². The molecule has 0 radical (unpaired) electrons. The number of likely N-dealkylation sites (tertiary alicyclic amines) is 1. The van der Waals surface area contributed by atoms with Crippen LogP contribution in [0.4, 0.5) is 5.82 Å². The molecule has 1 aliphatic rings. The molecule has 5 nitrogen and oxygen atoms in total. The molecule has 1 aromatic heterocycles. The average Bonchev–Trinajstić information content (AvgIpc) is 2.95. The van der Waals surface area contributed by atoms with E-state index in [0.717, 1.165) is 17.2 Å². The highest BCUT2D eigenvalue weighted by molar-refractivity contribution is 5.99. The van der Waals surface area contributed by atoms with Gasteiger partial charge in [0.15, 0.2) is 0 Å². The van der Waals surface area contributed by atoms with E-state index in [1.165, 1.54) is 0 Å². The van der Waals surface area contributed by atoms with Crippen LogP contribution < -0.4 is 5.73 Å². The lowest BCUT2D eigenvalue weighted by Crippen LogP contribution is -2.30. The first-order chi connectivity index (χ1) is 9.69. The van der Waals surface area contributed by atoms with Gasteiger partial charge in [0.1, 0.15) is 11.5 Å². The molecule has 1 fully saturated rings. The smallest absolute Gasteiger partial charge is 0.272 e. The summed E-state index contributed by atoms with van der Waals surface area (Å²) in [5, 5.41) is 1.81. The van der Waals surface area contributed by atoms with Gasteiger partial charge in [0, 0.05) is 25.6 Å². The maximum Gasteiger partial charge on any atom is 0.272 e. The van der Waals surface area contributed by atoms with Gasteiger partial charge in [-0.2, -0.15) is 0 Å². The zero-order chi connectivity index (χ0) is 14.1. The number of fused-ring (bicyclic) bond motifs is 1. The molecule has 20 heavy (non-hydrogen) atoms. The van der Waals surface area contributed by atoms with E-state index in [-0.39, 0.29) is 12.0 Å². The molecule has 2 heterocycles. The molecule has 1 unspecified atom stereocenters. The first-order valence-electron chi connectivity index (χ1n) is 6.66. The van der Waals surface area contributed by atoms with Gasteiger partial charge >= 0.3 is 0 Å². The van der Waals surface area contributed by atoms with Crippen molar-refractivity contribution in [1.29, 1.82) is 0 Å². The Labute approximate surface area is 117 Å². The number of benzene rings is 1. The monoisotopic (exact) mass is 271 g/mol. The van der Waals surface area contributed by atoms with E-state index >= 15 is 0 Å². The summed E-state index contributed by atoms with van der Waals surface area (Å²) in [5.41, 5.74) is 6.34. The number of methoxy groups -OCH3 is 1. The summed E-state index contributed by atoms with van der Waals surface area (Å²) in [6.45, 7) is 1.31. The van der Waals surface area contributed by atoms with Crippen LogP contribution in [-0.4, -0.2) is 42.1 Å². The maximum atomic E-state index is 12.5. The van der Waals surface area contributed by atoms with Gasteiger partial charge in [-0.05, 0) is 17.9 Å². The molecule has 3 rings (SSSR count). The van der Waals surface area contributed by atoms with Crippen LogP contribution in [0.25, 0.3) is 10.8 Å². The van der Waals surface area contributed by atoms with Crippen molar-refractivity contribution in [3.05, 3.63) is 36.0 Å². The number of amides is 1. The van der Waals surface area contributed by atoms with Crippen LogP contribution in [0, 0.1) is 0 Å². The number of nitrogens with zero attached hydrogens (tertiary/aromatic N) is 2. The summed E-state index contributed by atoms with van der Waals surface area (Å²) >= 11 is 0. The molecule has 1 amide bonds. The van der Waals surface area contributed by atoms with Crippen LogP contribution in [0.1, 0.15) is 16.9 Å². The number of carbonyl (C=O) groups is 1. The minimum atomic E-state index is -0.0815. The molecule has 2 N–H and O–H groups in total. The minimum Gasteiger partial charge on any atom is -0.383 e. The number of hydrogen-bond acceptors (Lipinski definition) is 4. The zero-order valence-corrected chi connectivity index (χ0v) is 11.4. The van der Waals surface area contributed by atoms with Gasteiger partial charge in [-0.3, -0.25) is 4.79 Å². The third-order valence-corrected chi connectivity index (χ3v) is 3.75. The lowest BCUT2D eigenvalue weighted by atomic mass is 10.1. The van der Waals surface area contributed by atoms with Crippen molar-refractivity contribution >= 4 is 22.5 Å². The van der Waals surface area contributed by atoms with Crippen molar-refractivity contribution in [3.8, 4) is 0 Å². The highest BCUT2D eigenvalue weighted by Crippen LogP contribution is 2.22. The first kappa shape index (κ1) is 12.9. The highest BCUT2D eigenvalue weighted by Gasteiger charge is 2.27. The van der Waals surface area contributed by atoms with Gasteiger partial charge in [-0.25, -0.2) is 4.98 Å². The number of carbonyl (C=O) groups excluding carboxylic acids is 1. The van der Waals surface area contributed by atoms with Gasteiger partial charge in [-0.1, -0.05) is 24.3 Å². The number of hydrogen-bond donors (Lipinski definition) is 1.